The second kappa shape index (κ2) is 3.65. The smallest absolute Gasteiger partial charge is 0.404 e. The Morgan fingerprint density at radius 2 is 2.27 bits per heavy atom. The van der Waals surface area contributed by atoms with Gasteiger partial charge in [0.25, 0.3) is 0 Å². The average molecular weight is 204 g/mol. The van der Waals surface area contributed by atoms with Gasteiger partial charge in [-0.1, -0.05) is 6.07 Å². The monoisotopic (exact) mass is 204 g/mol. The molecule has 0 aliphatic rings. The number of fused-ring (bicyclic) bond motifs is 1. The summed E-state index contributed by atoms with van der Waals surface area (Å²) in [5, 5.41) is 11.9. The summed E-state index contributed by atoms with van der Waals surface area (Å²) in [5.41, 5.74) is 3.14. The van der Waals surface area contributed by atoms with Crippen LogP contribution in [0.15, 0.2) is 24.3 Å². The van der Waals surface area contributed by atoms with E-state index in [2.05, 4.69) is 10.3 Å². The van der Waals surface area contributed by atoms with Gasteiger partial charge in [0.05, 0.1) is 0 Å². The van der Waals surface area contributed by atoms with E-state index in [0.717, 1.165) is 22.2 Å². The van der Waals surface area contributed by atoms with Crippen LogP contribution in [-0.2, 0) is 6.54 Å². The molecule has 1 heterocycles. The predicted molar refractivity (Wildman–Crippen MR) is 57.9 cm³/mol. The first-order valence-corrected chi connectivity index (χ1v) is 4.70. The fourth-order valence-electron chi connectivity index (χ4n) is 1.61. The normalized spacial score (nSPS) is 10.5. The standard InChI is InChI=1S/C11H12N2O2/c1-7-4-9-5-8(6-12-11(14)15)2-3-10(9)13-7/h2-5,12-13H,6H2,1H3,(H,14,15). The highest BCUT2D eigenvalue weighted by Gasteiger charge is 2.00. The van der Waals surface area contributed by atoms with Crippen LogP contribution >= 0.6 is 0 Å². The molecule has 2 rings (SSSR count). The molecule has 2 aromatic rings. The molecule has 15 heavy (non-hydrogen) atoms. The summed E-state index contributed by atoms with van der Waals surface area (Å²) in [7, 11) is 0. The summed E-state index contributed by atoms with van der Waals surface area (Å²) in [4.78, 5) is 13.5. The number of carboxylic acid groups (broad SMARTS) is 1. The van der Waals surface area contributed by atoms with Crippen LogP contribution in [0.3, 0.4) is 0 Å². The Kier molecular flexibility index (Phi) is 2.33. The maximum atomic E-state index is 10.3. The first-order valence-electron chi connectivity index (χ1n) is 4.70. The third-order valence-corrected chi connectivity index (χ3v) is 2.26. The first kappa shape index (κ1) is 9.58. The van der Waals surface area contributed by atoms with Crippen LogP contribution in [0.1, 0.15) is 11.3 Å². The molecule has 1 aromatic carbocycles. The molecule has 1 amide bonds. The molecule has 0 spiro atoms. The molecule has 0 fully saturated rings. The second-order valence-corrected chi connectivity index (χ2v) is 3.53. The van der Waals surface area contributed by atoms with Crippen molar-refractivity contribution in [1.29, 1.82) is 0 Å². The predicted octanol–water partition coefficient (Wildman–Crippen LogP) is 2.24. The van der Waals surface area contributed by atoms with Gasteiger partial charge in [0.15, 0.2) is 0 Å². The van der Waals surface area contributed by atoms with Crippen LogP contribution in [0.2, 0.25) is 0 Å². The first-order chi connectivity index (χ1) is 7.15. The van der Waals surface area contributed by atoms with Crippen molar-refractivity contribution in [3.05, 3.63) is 35.5 Å². The minimum absolute atomic E-state index is 0.343. The number of benzene rings is 1. The van der Waals surface area contributed by atoms with Gasteiger partial charge in [-0.05, 0) is 36.1 Å². The fraction of sp³-hybridized carbons (Fsp3) is 0.182. The molecule has 0 saturated carbocycles. The van der Waals surface area contributed by atoms with Crippen molar-refractivity contribution in [1.82, 2.24) is 10.3 Å². The van der Waals surface area contributed by atoms with E-state index in [1.54, 1.807) is 0 Å². The van der Waals surface area contributed by atoms with E-state index in [1.807, 2.05) is 31.2 Å². The van der Waals surface area contributed by atoms with Gasteiger partial charge in [-0.25, -0.2) is 4.79 Å². The van der Waals surface area contributed by atoms with Gasteiger partial charge < -0.3 is 15.4 Å². The van der Waals surface area contributed by atoms with Crippen molar-refractivity contribution in [2.24, 2.45) is 0 Å². The molecule has 0 atom stereocenters. The van der Waals surface area contributed by atoms with Gasteiger partial charge in [0.2, 0.25) is 0 Å². The Morgan fingerprint density at radius 1 is 1.47 bits per heavy atom. The molecule has 1 aromatic heterocycles. The lowest BCUT2D eigenvalue weighted by Crippen LogP contribution is -2.19. The molecule has 4 nitrogen and oxygen atoms in total. The number of amides is 1. The van der Waals surface area contributed by atoms with Crippen molar-refractivity contribution >= 4 is 17.0 Å². The Hall–Kier alpha value is -1.97. The Bertz CT molecular complexity index is 502. The number of rotatable bonds is 2. The highest BCUT2D eigenvalue weighted by molar-refractivity contribution is 5.81. The second-order valence-electron chi connectivity index (χ2n) is 3.53. The van der Waals surface area contributed by atoms with Crippen LogP contribution in [0, 0.1) is 6.92 Å². The zero-order chi connectivity index (χ0) is 10.8. The molecule has 0 saturated heterocycles. The third-order valence-electron chi connectivity index (χ3n) is 2.26. The maximum Gasteiger partial charge on any atom is 0.404 e. The molecule has 0 aliphatic carbocycles. The van der Waals surface area contributed by atoms with E-state index in [1.165, 1.54) is 0 Å². The topological polar surface area (TPSA) is 65.1 Å². The fourth-order valence-corrected chi connectivity index (χ4v) is 1.61. The van der Waals surface area contributed by atoms with Crippen molar-refractivity contribution < 1.29 is 9.90 Å². The average Bonchev–Trinajstić information content (AvgIpc) is 2.53. The number of hydrogen-bond donors (Lipinski definition) is 3. The van der Waals surface area contributed by atoms with Crippen LogP contribution in [0.4, 0.5) is 4.79 Å². The summed E-state index contributed by atoms with van der Waals surface area (Å²) in [5.74, 6) is 0. The van der Waals surface area contributed by atoms with Crippen LogP contribution < -0.4 is 5.32 Å². The third kappa shape index (κ3) is 2.10. The number of hydrogen-bond acceptors (Lipinski definition) is 1. The Balaban J connectivity index is 2.26. The lowest BCUT2D eigenvalue weighted by Gasteiger charge is -2.00. The number of nitrogens with one attached hydrogen (secondary N) is 2. The van der Waals surface area contributed by atoms with Crippen molar-refractivity contribution in [3.63, 3.8) is 0 Å². The van der Waals surface area contributed by atoms with Gasteiger partial charge in [-0.2, -0.15) is 0 Å². The van der Waals surface area contributed by atoms with Gasteiger partial charge in [-0.3, -0.25) is 0 Å². The number of aryl methyl sites for hydroxylation is 1. The van der Waals surface area contributed by atoms with Crippen molar-refractivity contribution in [2.45, 2.75) is 13.5 Å². The van der Waals surface area contributed by atoms with Gasteiger partial charge >= 0.3 is 6.09 Å². The van der Waals surface area contributed by atoms with Crippen molar-refractivity contribution in [2.75, 3.05) is 0 Å². The molecule has 78 valence electrons. The zero-order valence-corrected chi connectivity index (χ0v) is 8.37. The highest BCUT2D eigenvalue weighted by Crippen LogP contribution is 2.16. The number of aromatic nitrogens is 1. The number of aromatic amines is 1. The van der Waals surface area contributed by atoms with E-state index >= 15 is 0 Å². The zero-order valence-electron chi connectivity index (χ0n) is 8.37. The summed E-state index contributed by atoms with van der Waals surface area (Å²) in [6.45, 7) is 2.34. The summed E-state index contributed by atoms with van der Waals surface area (Å²) in [6.07, 6.45) is -1.000. The molecule has 4 heteroatoms. The highest BCUT2D eigenvalue weighted by atomic mass is 16.4. The summed E-state index contributed by atoms with van der Waals surface area (Å²) < 4.78 is 0. The number of carbonyl (C=O) groups is 1. The lowest BCUT2D eigenvalue weighted by atomic mass is 10.1. The maximum absolute atomic E-state index is 10.3. The molecule has 0 aliphatic heterocycles. The SMILES string of the molecule is Cc1cc2cc(CNC(=O)O)ccc2[nH]1. The largest absolute Gasteiger partial charge is 0.465 e. The lowest BCUT2D eigenvalue weighted by molar-refractivity contribution is 0.194. The van der Waals surface area contributed by atoms with E-state index in [-0.39, 0.29) is 0 Å². The molecule has 3 N–H and O–H groups in total. The van der Waals surface area contributed by atoms with Crippen LogP contribution in [0.25, 0.3) is 10.9 Å². The van der Waals surface area contributed by atoms with Crippen LogP contribution in [0.5, 0.6) is 0 Å². The Morgan fingerprint density at radius 3 is 3.00 bits per heavy atom. The molecule has 0 bridgehead atoms. The van der Waals surface area contributed by atoms with Gasteiger partial charge in [0, 0.05) is 17.8 Å². The van der Waals surface area contributed by atoms with Crippen molar-refractivity contribution in [3.8, 4) is 0 Å². The summed E-state index contributed by atoms with van der Waals surface area (Å²) in [6, 6.07) is 7.89. The van der Waals surface area contributed by atoms with Crippen LogP contribution in [-0.4, -0.2) is 16.2 Å². The van der Waals surface area contributed by atoms with Gasteiger partial charge in [-0.15, -0.1) is 0 Å². The minimum Gasteiger partial charge on any atom is -0.465 e. The van der Waals surface area contributed by atoms with E-state index < -0.39 is 6.09 Å². The van der Waals surface area contributed by atoms with E-state index in [9.17, 15) is 4.79 Å². The number of H-pyrrole nitrogens is 1. The summed E-state index contributed by atoms with van der Waals surface area (Å²) >= 11 is 0. The minimum atomic E-state index is -1.000. The van der Waals surface area contributed by atoms with E-state index in [4.69, 9.17) is 5.11 Å². The molecule has 0 unspecified atom stereocenters. The van der Waals surface area contributed by atoms with E-state index in [0.29, 0.717) is 6.54 Å². The quantitative estimate of drug-likeness (QED) is 0.702. The molecule has 0 radical (unpaired) electrons. The van der Waals surface area contributed by atoms with Gasteiger partial charge in [0.1, 0.15) is 0 Å². The Labute approximate surface area is 86.9 Å². The molecular weight excluding hydrogens is 192 g/mol. The molecular formula is C11H12N2O2.